The summed E-state index contributed by atoms with van der Waals surface area (Å²) < 4.78 is 9.83. The second kappa shape index (κ2) is 6.39. The summed E-state index contributed by atoms with van der Waals surface area (Å²) in [6.45, 7) is 2.23. The van der Waals surface area contributed by atoms with Gasteiger partial charge in [-0.15, -0.1) is 0 Å². The molecule has 0 saturated heterocycles. The van der Waals surface area contributed by atoms with E-state index in [0.29, 0.717) is 0 Å². The largest absolute Gasteiger partial charge is 0.497 e. The van der Waals surface area contributed by atoms with Gasteiger partial charge in [0.05, 0.1) is 20.8 Å². The van der Waals surface area contributed by atoms with Crippen molar-refractivity contribution >= 4 is 16.7 Å². The van der Waals surface area contributed by atoms with E-state index in [0.717, 1.165) is 22.1 Å². The van der Waals surface area contributed by atoms with E-state index in [1.165, 1.54) is 7.11 Å². The van der Waals surface area contributed by atoms with E-state index >= 15 is 0 Å². The summed E-state index contributed by atoms with van der Waals surface area (Å²) in [4.78, 5) is 11.1. The molecule has 4 heteroatoms. The predicted molar refractivity (Wildman–Crippen MR) is 78.9 cm³/mol. The van der Waals surface area contributed by atoms with Crippen molar-refractivity contribution in [2.24, 2.45) is 0 Å². The first-order valence-electron chi connectivity index (χ1n) is 6.52. The van der Waals surface area contributed by atoms with Gasteiger partial charge in [0.15, 0.2) is 0 Å². The fourth-order valence-corrected chi connectivity index (χ4v) is 2.07. The Kier molecular flexibility index (Phi) is 4.58. The van der Waals surface area contributed by atoms with Crippen LogP contribution in [0.25, 0.3) is 10.8 Å². The highest BCUT2D eigenvalue weighted by molar-refractivity contribution is 5.84. The number of ether oxygens (including phenoxy) is 2. The third-order valence-electron chi connectivity index (χ3n) is 3.35. The smallest absolute Gasteiger partial charge is 0.319 e. The minimum atomic E-state index is -0.262. The van der Waals surface area contributed by atoms with Gasteiger partial charge < -0.3 is 14.8 Å². The molecule has 0 aliphatic rings. The first kappa shape index (κ1) is 14.3. The molecule has 0 bridgehead atoms. The predicted octanol–water partition coefficient (Wildman–Crippen LogP) is 2.67. The number of benzene rings is 2. The van der Waals surface area contributed by atoms with Crippen molar-refractivity contribution in [2.75, 3.05) is 20.8 Å². The summed E-state index contributed by atoms with van der Waals surface area (Å²) in [5.74, 6) is 0.587. The van der Waals surface area contributed by atoms with Gasteiger partial charge in [-0.05, 0) is 41.5 Å². The maximum atomic E-state index is 11.1. The van der Waals surface area contributed by atoms with Crippen LogP contribution in [0.4, 0.5) is 0 Å². The fourth-order valence-electron chi connectivity index (χ4n) is 2.07. The Balaban J connectivity index is 2.16. The van der Waals surface area contributed by atoms with Crippen LogP contribution >= 0.6 is 0 Å². The molecular formula is C16H19NO3. The molecule has 0 aliphatic carbocycles. The Morgan fingerprint density at radius 1 is 1.15 bits per heavy atom. The first-order chi connectivity index (χ1) is 9.63. The molecule has 0 amide bonds. The highest BCUT2D eigenvalue weighted by atomic mass is 16.5. The van der Waals surface area contributed by atoms with E-state index in [2.05, 4.69) is 28.3 Å². The second-order valence-corrected chi connectivity index (χ2v) is 4.65. The molecule has 2 rings (SSSR count). The molecule has 0 radical (unpaired) electrons. The van der Waals surface area contributed by atoms with Crippen LogP contribution in [0.15, 0.2) is 36.4 Å². The zero-order valence-corrected chi connectivity index (χ0v) is 12.0. The summed E-state index contributed by atoms with van der Waals surface area (Å²) >= 11 is 0. The van der Waals surface area contributed by atoms with Gasteiger partial charge in [0.25, 0.3) is 0 Å². The number of hydrogen-bond donors (Lipinski definition) is 1. The van der Waals surface area contributed by atoms with Crippen LogP contribution in [-0.4, -0.2) is 26.7 Å². The molecular weight excluding hydrogens is 254 g/mol. The molecule has 1 unspecified atom stereocenters. The quantitative estimate of drug-likeness (QED) is 0.851. The molecule has 2 aromatic carbocycles. The van der Waals surface area contributed by atoms with Gasteiger partial charge in [-0.2, -0.15) is 0 Å². The van der Waals surface area contributed by atoms with Crippen LogP contribution in [0.3, 0.4) is 0 Å². The van der Waals surface area contributed by atoms with Crippen LogP contribution in [-0.2, 0) is 9.53 Å². The first-order valence-corrected chi connectivity index (χ1v) is 6.52. The zero-order valence-electron chi connectivity index (χ0n) is 12.0. The average molecular weight is 273 g/mol. The summed E-state index contributed by atoms with van der Waals surface area (Å²) in [6, 6.07) is 12.3. The molecule has 1 N–H and O–H groups in total. The van der Waals surface area contributed by atoms with Gasteiger partial charge in [-0.1, -0.05) is 18.2 Å². The lowest BCUT2D eigenvalue weighted by molar-refractivity contribution is -0.139. The molecule has 0 heterocycles. The number of fused-ring (bicyclic) bond motifs is 1. The van der Waals surface area contributed by atoms with Crippen LogP contribution in [0.1, 0.15) is 18.5 Å². The van der Waals surface area contributed by atoms with Crippen molar-refractivity contribution in [2.45, 2.75) is 13.0 Å². The maximum absolute atomic E-state index is 11.1. The topological polar surface area (TPSA) is 47.6 Å². The van der Waals surface area contributed by atoms with Crippen LogP contribution in [0.2, 0.25) is 0 Å². The highest BCUT2D eigenvalue weighted by Gasteiger charge is 2.08. The summed E-state index contributed by atoms with van der Waals surface area (Å²) in [5.41, 5.74) is 1.13. The van der Waals surface area contributed by atoms with Crippen molar-refractivity contribution in [3.05, 3.63) is 42.0 Å². The summed E-state index contributed by atoms with van der Waals surface area (Å²) in [7, 11) is 3.05. The number of nitrogens with one attached hydrogen (secondary N) is 1. The van der Waals surface area contributed by atoms with Crippen molar-refractivity contribution < 1.29 is 14.3 Å². The molecule has 0 fully saturated rings. The minimum Gasteiger partial charge on any atom is -0.497 e. The van der Waals surface area contributed by atoms with Crippen LogP contribution < -0.4 is 10.1 Å². The number of carbonyl (C=O) groups is 1. The third-order valence-corrected chi connectivity index (χ3v) is 3.35. The van der Waals surface area contributed by atoms with E-state index in [4.69, 9.17) is 4.74 Å². The fraction of sp³-hybridized carbons (Fsp3) is 0.312. The Morgan fingerprint density at radius 2 is 1.85 bits per heavy atom. The SMILES string of the molecule is COC(=O)CNC(C)c1ccc2cc(OC)ccc2c1. The molecule has 0 aromatic heterocycles. The third kappa shape index (κ3) is 3.27. The van der Waals surface area contributed by atoms with Gasteiger partial charge in [0.1, 0.15) is 5.75 Å². The normalized spacial score (nSPS) is 12.2. The van der Waals surface area contributed by atoms with Gasteiger partial charge >= 0.3 is 5.97 Å². The summed E-state index contributed by atoms with van der Waals surface area (Å²) in [5, 5.41) is 5.42. The Morgan fingerprint density at radius 3 is 2.55 bits per heavy atom. The molecule has 2 aromatic rings. The maximum Gasteiger partial charge on any atom is 0.319 e. The number of esters is 1. The van der Waals surface area contributed by atoms with Crippen LogP contribution in [0, 0.1) is 0 Å². The number of carbonyl (C=O) groups excluding carboxylic acids is 1. The van der Waals surface area contributed by atoms with Gasteiger partial charge in [0, 0.05) is 6.04 Å². The van der Waals surface area contributed by atoms with Crippen molar-refractivity contribution in [3.8, 4) is 5.75 Å². The zero-order chi connectivity index (χ0) is 14.5. The Bertz CT molecular complexity index is 610. The monoisotopic (exact) mass is 273 g/mol. The van der Waals surface area contributed by atoms with Gasteiger partial charge in [0.2, 0.25) is 0 Å². The van der Waals surface area contributed by atoms with Gasteiger partial charge in [-0.25, -0.2) is 0 Å². The summed E-state index contributed by atoms with van der Waals surface area (Å²) in [6.07, 6.45) is 0. The molecule has 20 heavy (non-hydrogen) atoms. The molecule has 0 aliphatic heterocycles. The number of methoxy groups -OCH3 is 2. The van der Waals surface area contributed by atoms with E-state index in [1.807, 2.05) is 25.1 Å². The highest BCUT2D eigenvalue weighted by Crippen LogP contribution is 2.24. The lowest BCUT2D eigenvalue weighted by Gasteiger charge is -2.14. The standard InChI is InChI=1S/C16H19NO3/c1-11(17-10-16(18)20-3)12-4-5-14-9-15(19-2)7-6-13(14)8-12/h4-9,11,17H,10H2,1-3H3. The second-order valence-electron chi connectivity index (χ2n) is 4.65. The van der Waals surface area contributed by atoms with E-state index < -0.39 is 0 Å². The van der Waals surface area contributed by atoms with Crippen LogP contribution in [0.5, 0.6) is 5.75 Å². The lowest BCUT2D eigenvalue weighted by atomic mass is 10.0. The molecule has 0 saturated carbocycles. The minimum absolute atomic E-state index is 0.0839. The number of hydrogen-bond acceptors (Lipinski definition) is 4. The lowest BCUT2D eigenvalue weighted by Crippen LogP contribution is -2.26. The van der Waals surface area contributed by atoms with E-state index in [9.17, 15) is 4.79 Å². The Labute approximate surface area is 118 Å². The molecule has 4 nitrogen and oxygen atoms in total. The molecule has 0 spiro atoms. The Hall–Kier alpha value is -2.07. The molecule has 106 valence electrons. The van der Waals surface area contributed by atoms with Gasteiger partial charge in [-0.3, -0.25) is 4.79 Å². The van der Waals surface area contributed by atoms with Crippen molar-refractivity contribution in [1.82, 2.24) is 5.32 Å². The average Bonchev–Trinajstić information content (AvgIpc) is 2.50. The van der Waals surface area contributed by atoms with E-state index in [1.54, 1.807) is 7.11 Å². The molecule has 1 atom stereocenters. The number of rotatable bonds is 5. The van der Waals surface area contributed by atoms with Crippen molar-refractivity contribution in [1.29, 1.82) is 0 Å². The van der Waals surface area contributed by atoms with Crippen molar-refractivity contribution in [3.63, 3.8) is 0 Å². The van der Waals surface area contributed by atoms with E-state index in [-0.39, 0.29) is 18.6 Å².